The Morgan fingerprint density at radius 1 is 0.836 bits per heavy atom. The Morgan fingerprint density at radius 3 is 2.30 bits per heavy atom. The number of benzene rings is 2. The quantitative estimate of drug-likeness (QED) is 0.114. The predicted molar refractivity (Wildman–Crippen MR) is 243 cm³/mol. The van der Waals surface area contributed by atoms with E-state index in [9.17, 15) is 14.4 Å². The van der Waals surface area contributed by atoms with Gasteiger partial charge in [0, 0.05) is 62.5 Å². The number of carbonyl (C=O) groups is 2. The van der Waals surface area contributed by atoms with Crippen molar-refractivity contribution < 1.29 is 9.59 Å². The number of imide groups is 1. The van der Waals surface area contributed by atoms with Crippen LogP contribution in [0, 0.1) is 11.8 Å². The molecule has 12 nitrogen and oxygen atoms in total. The molecule has 4 aliphatic rings. The molecule has 1 atom stereocenters. The van der Waals surface area contributed by atoms with Crippen LogP contribution in [0.3, 0.4) is 0 Å². The SMILES string of the molecule is CCC(CC)CNc1ncc2c(-c3ccc(CN4CCC(CN5CCC(c6ccc7c(c6)n(C)c(=O)n7C6CCC(=O)NC6=O)CC5)CC4)cc3)cn(C3CCCCC3)c2n1. The molecule has 2 aromatic carbocycles. The monoisotopic (exact) mass is 828 g/mol. The van der Waals surface area contributed by atoms with E-state index in [1.165, 1.54) is 73.7 Å². The average Bonchev–Trinajstić information content (AvgIpc) is 3.79. The Kier molecular flexibility index (Phi) is 12.4. The lowest BCUT2D eigenvalue weighted by molar-refractivity contribution is -0.135. The highest BCUT2D eigenvalue weighted by atomic mass is 16.2. The molecule has 6 heterocycles. The van der Waals surface area contributed by atoms with Crippen LogP contribution in [-0.2, 0) is 23.2 Å². The molecule has 1 unspecified atom stereocenters. The summed E-state index contributed by atoms with van der Waals surface area (Å²) in [5.74, 6) is 1.89. The smallest absolute Gasteiger partial charge is 0.329 e. The summed E-state index contributed by atoms with van der Waals surface area (Å²) in [6.45, 7) is 12.0. The molecular weight excluding hydrogens is 763 g/mol. The van der Waals surface area contributed by atoms with Gasteiger partial charge in [-0.05, 0) is 118 Å². The molecule has 12 heteroatoms. The van der Waals surface area contributed by atoms with Gasteiger partial charge in [0.1, 0.15) is 11.7 Å². The second kappa shape index (κ2) is 18.3. The number of carbonyl (C=O) groups excluding carboxylic acids is 2. The minimum atomic E-state index is -0.657. The number of rotatable bonds is 13. The van der Waals surface area contributed by atoms with Crippen LogP contribution >= 0.6 is 0 Å². The normalized spacial score (nSPS) is 20.6. The standard InChI is InChI=1S/C49H65N9O3/c1-4-33(5-2)28-50-48-51-29-40-41(32-57(46(40)53-48)39-9-7-6-8-10-39)37-13-11-34(12-14-37)30-55-23-19-35(20-24-55)31-56-25-21-36(22-26-56)38-15-16-42-44(27-38)54(3)49(61)58(42)43-17-18-45(59)52-47(43)60/h11-16,27,29,32-33,35-36,39,43H,4-10,17-26,28,30-31H2,1-3H3,(H,50,51,53)(H,52,59,60). The first-order valence-corrected chi connectivity index (χ1v) is 23.5. The summed E-state index contributed by atoms with van der Waals surface area (Å²) in [5, 5.41) is 7.09. The van der Waals surface area contributed by atoms with E-state index in [1.54, 1.807) is 16.2 Å². The van der Waals surface area contributed by atoms with E-state index in [4.69, 9.17) is 9.97 Å². The maximum absolute atomic E-state index is 13.3. The van der Waals surface area contributed by atoms with Crippen molar-refractivity contribution in [2.75, 3.05) is 44.6 Å². The van der Waals surface area contributed by atoms with Crippen molar-refractivity contribution >= 4 is 39.8 Å². The molecule has 0 bridgehead atoms. The number of hydrogen-bond donors (Lipinski definition) is 2. The molecule has 5 aromatic rings. The van der Waals surface area contributed by atoms with Crippen LogP contribution in [0.5, 0.6) is 0 Å². The summed E-state index contributed by atoms with van der Waals surface area (Å²) in [7, 11) is 1.78. The second-order valence-corrected chi connectivity index (χ2v) is 18.7. The first-order chi connectivity index (χ1) is 29.8. The van der Waals surface area contributed by atoms with Crippen molar-refractivity contribution in [3.8, 4) is 11.1 Å². The van der Waals surface area contributed by atoms with Crippen molar-refractivity contribution in [3.05, 3.63) is 76.5 Å². The number of nitrogens with zero attached hydrogens (tertiary/aromatic N) is 7. The molecule has 3 aliphatic heterocycles. The number of fused-ring (bicyclic) bond motifs is 2. The molecule has 4 fully saturated rings. The molecule has 1 aliphatic carbocycles. The fourth-order valence-corrected chi connectivity index (χ4v) is 10.8. The van der Waals surface area contributed by atoms with Gasteiger partial charge in [-0.2, -0.15) is 4.98 Å². The van der Waals surface area contributed by atoms with Crippen LogP contribution < -0.4 is 16.3 Å². The van der Waals surface area contributed by atoms with E-state index in [1.807, 2.05) is 12.3 Å². The van der Waals surface area contributed by atoms with Gasteiger partial charge in [0.15, 0.2) is 0 Å². The third-order valence-corrected chi connectivity index (χ3v) is 14.8. The number of aromatic nitrogens is 5. The van der Waals surface area contributed by atoms with E-state index in [-0.39, 0.29) is 18.0 Å². The maximum Gasteiger partial charge on any atom is 0.329 e. The number of aryl methyl sites for hydroxylation is 1. The van der Waals surface area contributed by atoms with E-state index in [0.29, 0.717) is 24.3 Å². The van der Waals surface area contributed by atoms with Crippen LogP contribution in [-0.4, -0.2) is 84.6 Å². The maximum atomic E-state index is 13.3. The lowest BCUT2D eigenvalue weighted by Gasteiger charge is -2.38. The minimum absolute atomic E-state index is 0.212. The van der Waals surface area contributed by atoms with Crippen molar-refractivity contribution in [3.63, 3.8) is 0 Å². The molecule has 0 radical (unpaired) electrons. The highest BCUT2D eigenvalue weighted by Crippen LogP contribution is 2.37. The van der Waals surface area contributed by atoms with Crippen molar-refractivity contribution in [2.45, 2.75) is 122 Å². The first kappa shape index (κ1) is 41.5. The number of imidazole rings is 1. The molecule has 2 amide bonds. The van der Waals surface area contributed by atoms with Crippen LogP contribution in [0.1, 0.15) is 126 Å². The molecular formula is C49H65N9O3. The van der Waals surface area contributed by atoms with E-state index in [2.05, 4.69) is 81.4 Å². The predicted octanol–water partition coefficient (Wildman–Crippen LogP) is 8.17. The second-order valence-electron chi connectivity index (χ2n) is 18.7. The number of piperidine rings is 3. The van der Waals surface area contributed by atoms with Crippen molar-refractivity contribution in [1.29, 1.82) is 0 Å². The topological polar surface area (TPSA) is 122 Å². The Hall–Kier alpha value is -4.81. The summed E-state index contributed by atoms with van der Waals surface area (Å²) >= 11 is 0. The summed E-state index contributed by atoms with van der Waals surface area (Å²) < 4.78 is 5.69. The van der Waals surface area contributed by atoms with Gasteiger partial charge < -0.3 is 14.8 Å². The third kappa shape index (κ3) is 8.80. The molecule has 0 spiro atoms. The Morgan fingerprint density at radius 2 is 1.57 bits per heavy atom. The number of likely N-dealkylation sites (tertiary alicyclic amines) is 2. The Balaban J connectivity index is 0.776. The van der Waals surface area contributed by atoms with Crippen LogP contribution in [0.2, 0.25) is 0 Å². The number of nitrogens with one attached hydrogen (secondary N) is 2. The van der Waals surface area contributed by atoms with E-state index >= 15 is 0 Å². The number of anilines is 1. The largest absolute Gasteiger partial charge is 0.354 e. The Labute approximate surface area is 360 Å². The molecule has 9 rings (SSSR count). The molecule has 324 valence electrons. The van der Waals surface area contributed by atoms with Crippen molar-refractivity contribution in [2.24, 2.45) is 18.9 Å². The van der Waals surface area contributed by atoms with Crippen LogP contribution in [0.15, 0.2) is 59.7 Å². The van der Waals surface area contributed by atoms with Gasteiger partial charge in [0.2, 0.25) is 17.8 Å². The highest BCUT2D eigenvalue weighted by molar-refractivity contribution is 6.00. The van der Waals surface area contributed by atoms with Gasteiger partial charge in [-0.1, -0.05) is 76.3 Å². The van der Waals surface area contributed by atoms with Crippen molar-refractivity contribution in [1.82, 2.24) is 38.8 Å². The minimum Gasteiger partial charge on any atom is -0.354 e. The average molecular weight is 828 g/mol. The lowest BCUT2D eigenvalue weighted by Crippen LogP contribution is -2.44. The fraction of sp³-hybridized carbons (Fsp3) is 0.571. The van der Waals surface area contributed by atoms with Crippen LogP contribution in [0.25, 0.3) is 33.2 Å². The van der Waals surface area contributed by atoms with Gasteiger partial charge in [-0.25, -0.2) is 9.78 Å². The zero-order valence-corrected chi connectivity index (χ0v) is 36.6. The number of amides is 2. The summed E-state index contributed by atoms with van der Waals surface area (Å²) in [5.41, 5.74) is 7.56. The van der Waals surface area contributed by atoms with Gasteiger partial charge in [0.25, 0.3) is 0 Å². The zero-order valence-electron chi connectivity index (χ0n) is 36.6. The lowest BCUT2D eigenvalue weighted by atomic mass is 9.88. The zero-order chi connectivity index (χ0) is 42.0. The summed E-state index contributed by atoms with van der Waals surface area (Å²) in [6, 6.07) is 15.4. The highest BCUT2D eigenvalue weighted by Gasteiger charge is 2.32. The van der Waals surface area contributed by atoms with Gasteiger partial charge in [-0.3, -0.25) is 28.9 Å². The molecule has 3 saturated heterocycles. The fourth-order valence-electron chi connectivity index (χ4n) is 10.8. The molecule has 2 N–H and O–H groups in total. The van der Waals surface area contributed by atoms with E-state index < -0.39 is 11.9 Å². The van der Waals surface area contributed by atoms with Crippen LogP contribution in [0.4, 0.5) is 5.95 Å². The summed E-state index contributed by atoms with van der Waals surface area (Å²) in [4.78, 5) is 52.9. The molecule has 61 heavy (non-hydrogen) atoms. The molecule has 3 aromatic heterocycles. The molecule has 1 saturated carbocycles. The summed E-state index contributed by atoms with van der Waals surface area (Å²) in [6.07, 6.45) is 18.3. The van der Waals surface area contributed by atoms with Gasteiger partial charge in [-0.15, -0.1) is 0 Å². The Bertz CT molecular complexity index is 2390. The number of hydrogen-bond acceptors (Lipinski definition) is 8. The van der Waals surface area contributed by atoms with E-state index in [0.717, 1.165) is 98.9 Å². The first-order valence-electron chi connectivity index (χ1n) is 23.5. The van der Waals surface area contributed by atoms with Gasteiger partial charge in [0.05, 0.1) is 11.0 Å². The van der Waals surface area contributed by atoms with Gasteiger partial charge >= 0.3 is 5.69 Å². The third-order valence-electron chi connectivity index (χ3n) is 14.8.